The summed E-state index contributed by atoms with van der Waals surface area (Å²) in [4.78, 5) is 0. The van der Waals surface area contributed by atoms with Crippen LogP contribution in [0.1, 0.15) is 12.5 Å². The predicted molar refractivity (Wildman–Crippen MR) is 69.8 cm³/mol. The minimum Gasteiger partial charge on any atom is -0.497 e. The molecule has 17 heavy (non-hydrogen) atoms. The summed E-state index contributed by atoms with van der Waals surface area (Å²) in [5, 5.41) is 6.57. The zero-order valence-electron chi connectivity index (χ0n) is 11.0. The first kappa shape index (κ1) is 13.8. The number of benzene rings is 1. The first-order chi connectivity index (χ1) is 8.19. The number of ether oxygens (including phenoxy) is 2. The lowest BCUT2D eigenvalue weighted by Crippen LogP contribution is -2.34. The standard InChI is InChI=1S/C13H22N2O2/c1-10(8-14-2)15-9-11-5-12(16-3)7-13(6-11)17-4/h5-7,10,14-15H,8-9H2,1-4H3. The highest BCUT2D eigenvalue weighted by atomic mass is 16.5. The molecule has 1 aromatic carbocycles. The first-order valence-corrected chi connectivity index (χ1v) is 5.79. The molecule has 1 aromatic rings. The maximum atomic E-state index is 5.23. The largest absolute Gasteiger partial charge is 0.497 e. The van der Waals surface area contributed by atoms with E-state index in [1.807, 2.05) is 25.2 Å². The molecule has 0 radical (unpaired) electrons. The SMILES string of the molecule is CNCC(C)NCc1cc(OC)cc(OC)c1. The Morgan fingerprint density at radius 1 is 1.12 bits per heavy atom. The molecule has 1 atom stereocenters. The second-order valence-electron chi connectivity index (χ2n) is 4.06. The molecule has 0 aromatic heterocycles. The van der Waals surface area contributed by atoms with Crippen molar-refractivity contribution in [3.05, 3.63) is 23.8 Å². The third-order valence-corrected chi connectivity index (χ3v) is 2.58. The third kappa shape index (κ3) is 4.63. The fourth-order valence-electron chi connectivity index (χ4n) is 1.64. The van der Waals surface area contributed by atoms with E-state index in [0.29, 0.717) is 6.04 Å². The van der Waals surface area contributed by atoms with Crippen molar-refractivity contribution < 1.29 is 9.47 Å². The summed E-state index contributed by atoms with van der Waals surface area (Å²) in [7, 11) is 5.28. The Kier molecular flexibility index (Phi) is 5.80. The van der Waals surface area contributed by atoms with Crippen molar-refractivity contribution in [1.29, 1.82) is 0 Å². The van der Waals surface area contributed by atoms with Crippen LogP contribution in [-0.4, -0.2) is 33.9 Å². The maximum Gasteiger partial charge on any atom is 0.122 e. The summed E-state index contributed by atoms with van der Waals surface area (Å²) in [5.41, 5.74) is 1.16. The van der Waals surface area contributed by atoms with Crippen molar-refractivity contribution in [3.63, 3.8) is 0 Å². The molecule has 1 rings (SSSR count). The molecule has 1 unspecified atom stereocenters. The first-order valence-electron chi connectivity index (χ1n) is 5.79. The van der Waals surface area contributed by atoms with Crippen molar-refractivity contribution in [1.82, 2.24) is 10.6 Å². The summed E-state index contributed by atoms with van der Waals surface area (Å²) in [6, 6.07) is 6.33. The molecule has 0 bridgehead atoms. The lowest BCUT2D eigenvalue weighted by atomic mass is 10.2. The van der Waals surface area contributed by atoms with Gasteiger partial charge >= 0.3 is 0 Å². The zero-order valence-corrected chi connectivity index (χ0v) is 11.0. The fourth-order valence-corrected chi connectivity index (χ4v) is 1.64. The van der Waals surface area contributed by atoms with E-state index in [9.17, 15) is 0 Å². The Morgan fingerprint density at radius 2 is 1.71 bits per heavy atom. The van der Waals surface area contributed by atoms with E-state index < -0.39 is 0 Å². The van der Waals surface area contributed by atoms with Crippen molar-refractivity contribution >= 4 is 0 Å². The number of methoxy groups -OCH3 is 2. The summed E-state index contributed by atoms with van der Waals surface area (Å²) < 4.78 is 10.5. The third-order valence-electron chi connectivity index (χ3n) is 2.58. The molecule has 0 aliphatic carbocycles. The van der Waals surface area contributed by atoms with Crippen LogP contribution in [0.3, 0.4) is 0 Å². The van der Waals surface area contributed by atoms with Crippen LogP contribution in [0.15, 0.2) is 18.2 Å². The average Bonchev–Trinajstić information content (AvgIpc) is 2.36. The molecule has 0 amide bonds. The van der Waals surface area contributed by atoms with Gasteiger partial charge in [0.2, 0.25) is 0 Å². The van der Waals surface area contributed by atoms with E-state index >= 15 is 0 Å². The fraction of sp³-hybridized carbons (Fsp3) is 0.538. The van der Waals surface area contributed by atoms with Gasteiger partial charge in [-0.2, -0.15) is 0 Å². The minimum atomic E-state index is 0.428. The molecule has 2 N–H and O–H groups in total. The van der Waals surface area contributed by atoms with Gasteiger partial charge in [-0.15, -0.1) is 0 Å². The number of rotatable bonds is 7. The number of likely N-dealkylation sites (N-methyl/N-ethyl adjacent to an activating group) is 1. The van der Waals surface area contributed by atoms with E-state index in [4.69, 9.17) is 9.47 Å². The summed E-state index contributed by atoms with van der Waals surface area (Å²) in [6.45, 7) is 3.89. The highest BCUT2D eigenvalue weighted by Crippen LogP contribution is 2.22. The molecule has 0 saturated heterocycles. The molecule has 0 fully saturated rings. The van der Waals surface area contributed by atoms with Crippen LogP contribution in [0.25, 0.3) is 0 Å². The Morgan fingerprint density at radius 3 is 2.18 bits per heavy atom. The van der Waals surface area contributed by atoms with E-state index in [1.54, 1.807) is 14.2 Å². The van der Waals surface area contributed by atoms with Crippen LogP contribution in [0.2, 0.25) is 0 Å². The van der Waals surface area contributed by atoms with Gasteiger partial charge < -0.3 is 20.1 Å². The lowest BCUT2D eigenvalue weighted by Gasteiger charge is -2.14. The highest BCUT2D eigenvalue weighted by molar-refractivity contribution is 5.38. The van der Waals surface area contributed by atoms with Gasteiger partial charge in [0.15, 0.2) is 0 Å². The molecule has 4 heteroatoms. The van der Waals surface area contributed by atoms with Gasteiger partial charge in [-0.3, -0.25) is 0 Å². The van der Waals surface area contributed by atoms with Crippen LogP contribution in [0.4, 0.5) is 0 Å². The molecule has 0 heterocycles. The molecular formula is C13H22N2O2. The van der Waals surface area contributed by atoms with Crippen LogP contribution >= 0.6 is 0 Å². The van der Waals surface area contributed by atoms with E-state index in [0.717, 1.165) is 30.2 Å². The van der Waals surface area contributed by atoms with Gasteiger partial charge in [0, 0.05) is 25.2 Å². The Bertz CT molecular complexity index is 320. The van der Waals surface area contributed by atoms with Crippen LogP contribution in [0, 0.1) is 0 Å². The quantitative estimate of drug-likeness (QED) is 0.753. The normalized spacial score (nSPS) is 12.2. The minimum absolute atomic E-state index is 0.428. The molecule has 0 spiro atoms. The molecule has 0 saturated carbocycles. The van der Waals surface area contributed by atoms with Gasteiger partial charge in [0.25, 0.3) is 0 Å². The van der Waals surface area contributed by atoms with Crippen LogP contribution < -0.4 is 20.1 Å². The van der Waals surface area contributed by atoms with Crippen molar-refractivity contribution in [2.75, 3.05) is 27.8 Å². The van der Waals surface area contributed by atoms with Gasteiger partial charge in [0.05, 0.1) is 14.2 Å². The van der Waals surface area contributed by atoms with Crippen LogP contribution in [-0.2, 0) is 6.54 Å². The second-order valence-corrected chi connectivity index (χ2v) is 4.06. The lowest BCUT2D eigenvalue weighted by molar-refractivity contribution is 0.392. The topological polar surface area (TPSA) is 42.5 Å². The Hall–Kier alpha value is -1.26. The average molecular weight is 238 g/mol. The number of hydrogen-bond acceptors (Lipinski definition) is 4. The highest BCUT2D eigenvalue weighted by Gasteiger charge is 2.04. The summed E-state index contributed by atoms with van der Waals surface area (Å²) in [6.07, 6.45) is 0. The van der Waals surface area contributed by atoms with Gasteiger partial charge in [-0.1, -0.05) is 0 Å². The smallest absolute Gasteiger partial charge is 0.122 e. The van der Waals surface area contributed by atoms with Crippen LogP contribution in [0.5, 0.6) is 11.5 Å². The Labute approximate surface area is 103 Å². The molecule has 4 nitrogen and oxygen atoms in total. The van der Waals surface area contributed by atoms with Gasteiger partial charge in [-0.05, 0) is 31.7 Å². The Balaban J connectivity index is 2.63. The molecular weight excluding hydrogens is 216 g/mol. The number of nitrogens with one attached hydrogen (secondary N) is 2. The zero-order chi connectivity index (χ0) is 12.7. The van der Waals surface area contributed by atoms with E-state index in [1.165, 1.54) is 0 Å². The van der Waals surface area contributed by atoms with E-state index in [2.05, 4.69) is 17.6 Å². The monoisotopic (exact) mass is 238 g/mol. The summed E-state index contributed by atoms with van der Waals surface area (Å²) >= 11 is 0. The van der Waals surface area contributed by atoms with Gasteiger partial charge in [-0.25, -0.2) is 0 Å². The molecule has 0 aliphatic heterocycles. The maximum absolute atomic E-state index is 5.23. The molecule has 0 aliphatic rings. The second kappa shape index (κ2) is 7.14. The van der Waals surface area contributed by atoms with E-state index in [-0.39, 0.29) is 0 Å². The van der Waals surface area contributed by atoms with Gasteiger partial charge in [0.1, 0.15) is 11.5 Å². The molecule has 96 valence electrons. The van der Waals surface area contributed by atoms with Crippen molar-refractivity contribution in [3.8, 4) is 11.5 Å². The summed E-state index contributed by atoms with van der Waals surface area (Å²) in [5.74, 6) is 1.64. The van der Waals surface area contributed by atoms with Crippen molar-refractivity contribution in [2.45, 2.75) is 19.5 Å². The predicted octanol–water partition coefficient (Wildman–Crippen LogP) is 1.40. The van der Waals surface area contributed by atoms with Crippen molar-refractivity contribution in [2.24, 2.45) is 0 Å². The number of hydrogen-bond donors (Lipinski definition) is 2.